The fourth-order valence-corrected chi connectivity index (χ4v) is 1.31. The largest absolute Gasteiger partial charge is 0.378 e. The Bertz CT molecular complexity index is 315. The van der Waals surface area contributed by atoms with Crippen LogP contribution in [0.15, 0.2) is 23.1 Å². The second-order valence-corrected chi connectivity index (χ2v) is 3.59. The van der Waals surface area contributed by atoms with Gasteiger partial charge in [0.05, 0.1) is 0 Å². The van der Waals surface area contributed by atoms with Gasteiger partial charge in [0.15, 0.2) is 0 Å². The van der Waals surface area contributed by atoms with Crippen molar-refractivity contribution in [3.63, 3.8) is 0 Å². The molecule has 1 unspecified atom stereocenters. The maximum atomic E-state index is 10.8. The molecule has 0 amide bonds. The minimum atomic E-state index is -0.539. The van der Waals surface area contributed by atoms with E-state index >= 15 is 0 Å². The first-order valence-electron chi connectivity index (χ1n) is 5.31. The molecular weight excluding hydrogens is 192 g/mol. The number of unbranched alkanes of at least 4 members (excludes halogenated alkanes) is 1. The number of hydrogen-bond acceptors (Lipinski definition) is 3. The van der Waals surface area contributed by atoms with Crippen LogP contribution in [-0.2, 0) is 6.42 Å². The maximum Gasteiger partial charge on any atom is 0.247 e. The van der Waals surface area contributed by atoms with Crippen molar-refractivity contribution < 1.29 is 5.11 Å². The molecule has 0 bridgehead atoms. The Morgan fingerprint density at radius 2 is 2.33 bits per heavy atom. The molecule has 4 nitrogen and oxygen atoms in total. The summed E-state index contributed by atoms with van der Waals surface area (Å²) in [6, 6.07) is 3.19. The van der Waals surface area contributed by atoms with Crippen molar-refractivity contribution in [1.82, 2.24) is 10.3 Å². The van der Waals surface area contributed by atoms with Crippen LogP contribution in [-0.4, -0.2) is 22.9 Å². The first-order valence-corrected chi connectivity index (χ1v) is 5.31. The van der Waals surface area contributed by atoms with Gasteiger partial charge in [0.2, 0.25) is 5.56 Å². The van der Waals surface area contributed by atoms with Gasteiger partial charge >= 0.3 is 0 Å². The molecule has 0 fully saturated rings. The minimum absolute atomic E-state index is 0.118. The summed E-state index contributed by atoms with van der Waals surface area (Å²) in [5, 5.41) is 12.6. The lowest BCUT2D eigenvalue weighted by Gasteiger charge is -2.11. The quantitative estimate of drug-likeness (QED) is 0.476. The third-order valence-corrected chi connectivity index (χ3v) is 2.19. The highest BCUT2D eigenvalue weighted by molar-refractivity contribution is 5.09. The summed E-state index contributed by atoms with van der Waals surface area (Å²) in [5.74, 6) is 0. The molecule has 0 aliphatic carbocycles. The van der Waals surface area contributed by atoms with E-state index < -0.39 is 6.23 Å². The molecule has 3 N–H and O–H groups in total. The van der Waals surface area contributed by atoms with Crippen LogP contribution in [0.4, 0.5) is 0 Å². The molecular formula is C11H18N2O2. The van der Waals surface area contributed by atoms with E-state index in [1.54, 1.807) is 12.3 Å². The van der Waals surface area contributed by atoms with E-state index in [9.17, 15) is 9.90 Å². The number of aliphatic hydroxyl groups is 1. The number of aliphatic hydroxyl groups excluding tert-OH is 1. The minimum Gasteiger partial charge on any atom is -0.378 e. The molecule has 0 saturated carbocycles. The lowest BCUT2D eigenvalue weighted by molar-refractivity contribution is 0.137. The molecule has 4 heteroatoms. The van der Waals surface area contributed by atoms with E-state index in [0.29, 0.717) is 6.42 Å². The van der Waals surface area contributed by atoms with E-state index in [2.05, 4.69) is 17.2 Å². The monoisotopic (exact) mass is 210 g/mol. The molecule has 1 heterocycles. The Balaban J connectivity index is 2.34. The summed E-state index contributed by atoms with van der Waals surface area (Å²) in [7, 11) is 0. The zero-order chi connectivity index (χ0) is 11.1. The molecule has 0 radical (unpaired) electrons. The molecule has 15 heavy (non-hydrogen) atoms. The average molecular weight is 210 g/mol. The SMILES string of the molecule is CCCCNC(O)Cc1ccc(=O)[nH]c1. The van der Waals surface area contributed by atoms with E-state index in [4.69, 9.17) is 0 Å². The Hall–Kier alpha value is -1.13. The summed E-state index contributed by atoms with van der Waals surface area (Å²) in [5.41, 5.74) is 0.804. The van der Waals surface area contributed by atoms with Gasteiger partial charge in [-0.2, -0.15) is 0 Å². The highest BCUT2D eigenvalue weighted by Crippen LogP contribution is 1.97. The average Bonchev–Trinajstić information content (AvgIpc) is 2.22. The number of hydrogen-bond donors (Lipinski definition) is 3. The Morgan fingerprint density at radius 1 is 1.53 bits per heavy atom. The summed E-state index contributed by atoms with van der Waals surface area (Å²) in [4.78, 5) is 13.4. The van der Waals surface area contributed by atoms with Crippen molar-refractivity contribution in [2.75, 3.05) is 6.54 Å². The van der Waals surface area contributed by atoms with E-state index in [-0.39, 0.29) is 5.56 Å². The highest BCUT2D eigenvalue weighted by atomic mass is 16.3. The highest BCUT2D eigenvalue weighted by Gasteiger charge is 2.03. The van der Waals surface area contributed by atoms with Crippen LogP contribution in [0.2, 0.25) is 0 Å². The van der Waals surface area contributed by atoms with Gasteiger partial charge in [0, 0.05) is 18.7 Å². The molecule has 0 aliphatic rings. The van der Waals surface area contributed by atoms with Crippen molar-refractivity contribution in [3.8, 4) is 0 Å². The van der Waals surface area contributed by atoms with Gasteiger partial charge in [0.25, 0.3) is 0 Å². The third-order valence-electron chi connectivity index (χ3n) is 2.19. The summed E-state index contributed by atoms with van der Waals surface area (Å²) in [6.45, 7) is 2.93. The van der Waals surface area contributed by atoms with Crippen LogP contribution < -0.4 is 10.9 Å². The van der Waals surface area contributed by atoms with Gasteiger partial charge in [0.1, 0.15) is 6.23 Å². The third kappa shape index (κ3) is 4.76. The predicted molar refractivity (Wildman–Crippen MR) is 59.7 cm³/mol. The Labute approximate surface area is 89.3 Å². The van der Waals surface area contributed by atoms with Crippen LogP contribution in [0, 0.1) is 0 Å². The van der Waals surface area contributed by atoms with Crippen molar-refractivity contribution in [2.45, 2.75) is 32.4 Å². The number of aromatic amines is 1. The molecule has 1 aromatic rings. The van der Waals surface area contributed by atoms with Gasteiger partial charge in [-0.1, -0.05) is 19.4 Å². The fourth-order valence-electron chi connectivity index (χ4n) is 1.31. The summed E-state index contributed by atoms with van der Waals surface area (Å²) in [6.07, 6.45) is 3.77. The molecule has 0 aliphatic heterocycles. The predicted octanol–water partition coefficient (Wildman–Crippen LogP) is 0.626. The van der Waals surface area contributed by atoms with Crippen molar-refractivity contribution >= 4 is 0 Å². The fraction of sp³-hybridized carbons (Fsp3) is 0.545. The molecule has 1 aromatic heterocycles. The van der Waals surface area contributed by atoms with Gasteiger partial charge in [-0.15, -0.1) is 0 Å². The lowest BCUT2D eigenvalue weighted by Crippen LogP contribution is -2.31. The van der Waals surface area contributed by atoms with Gasteiger partial charge in [-0.25, -0.2) is 0 Å². The number of aromatic nitrogens is 1. The molecule has 0 spiro atoms. The molecule has 1 rings (SSSR count). The van der Waals surface area contributed by atoms with Crippen molar-refractivity contribution in [1.29, 1.82) is 0 Å². The van der Waals surface area contributed by atoms with Gasteiger partial charge in [-0.05, 0) is 18.5 Å². The van der Waals surface area contributed by atoms with Crippen LogP contribution in [0.25, 0.3) is 0 Å². The second kappa shape index (κ2) is 6.37. The lowest BCUT2D eigenvalue weighted by atomic mass is 10.2. The summed E-state index contributed by atoms with van der Waals surface area (Å²) >= 11 is 0. The van der Waals surface area contributed by atoms with Crippen LogP contribution in [0.5, 0.6) is 0 Å². The number of pyridine rings is 1. The number of nitrogens with one attached hydrogen (secondary N) is 2. The molecule has 0 saturated heterocycles. The first kappa shape index (κ1) is 11.9. The molecule has 1 atom stereocenters. The Morgan fingerprint density at radius 3 is 2.93 bits per heavy atom. The smallest absolute Gasteiger partial charge is 0.247 e. The topological polar surface area (TPSA) is 65.1 Å². The van der Waals surface area contributed by atoms with Crippen LogP contribution in [0.3, 0.4) is 0 Å². The maximum absolute atomic E-state index is 10.8. The normalized spacial score (nSPS) is 12.7. The number of H-pyrrole nitrogens is 1. The molecule has 0 aromatic carbocycles. The van der Waals surface area contributed by atoms with Gasteiger partial charge < -0.3 is 10.1 Å². The van der Waals surface area contributed by atoms with Crippen molar-refractivity contribution in [2.24, 2.45) is 0 Å². The first-order chi connectivity index (χ1) is 7.22. The van der Waals surface area contributed by atoms with E-state index in [1.165, 1.54) is 6.07 Å². The van der Waals surface area contributed by atoms with E-state index in [0.717, 1.165) is 24.9 Å². The Kier molecular flexibility index (Phi) is 5.07. The van der Waals surface area contributed by atoms with Crippen LogP contribution >= 0.6 is 0 Å². The molecule has 84 valence electrons. The number of rotatable bonds is 6. The summed E-state index contributed by atoms with van der Waals surface area (Å²) < 4.78 is 0. The second-order valence-electron chi connectivity index (χ2n) is 3.59. The van der Waals surface area contributed by atoms with Gasteiger partial charge in [-0.3, -0.25) is 10.1 Å². The zero-order valence-electron chi connectivity index (χ0n) is 8.99. The standard InChI is InChI=1S/C11H18N2O2/c1-2-3-6-12-11(15)7-9-4-5-10(14)13-8-9/h4-5,8,11-12,15H,2-3,6-7H2,1H3,(H,13,14). The van der Waals surface area contributed by atoms with E-state index in [1.807, 2.05) is 0 Å². The van der Waals surface area contributed by atoms with Crippen LogP contribution in [0.1, 0.15) is 25.3 Å². The van der Waals surface area contributed by atoms with Crippen molar-refractivity contribution in [3.05, 3.63) is 34.2 Å². The zero-order valence-corrected chi connectivity index (χ0v) is 8.99.